The van der Waals surface area contributed by atoms with Crippen LogP contribution in [0.1, 0.15) is 11.4 Å². The lowest BCUT2D eigenvalue weighted by atomic mass is 10.3. The van der Waals surface area contributed by atoms with E-state index in [1.807, 2.05) is 48.5 Å². The second kappa shape index (κ2) is 7.60. The van der Waals surface area contributed by atoms with E-state index in [2.05, 4.69) is 51.7 Å². The Morgan fingerprint density at radius 2 is 1.45 bits per heavy atom. The molecule has 0 saturated carbocycles. The third-order valence-corrected chi connectivity index (χ3v) is 5.98. The van der Waals surface area contributed by atoms with Crippen LogP contribution in [0.2, 0.25) is 0 Å². The van der Waals surface area contributed by atoms with Crippen LogP contribution in [-0.4, -0.2) is 39.3 Å². The van der Waals surface area contributed by atoms with Gasteiger partial charge >= 0.3 is 0 Å². The predicted octanol–water partition coefficient (Wildman–Crippen LogP) is 2.91. The van der Waals surface area contributed by atoms with Crippen LogP contribution in [0.5, 0.6) is 0 Å². The average Bonchev–Trinajstić information content (AvgIpc) is 3.50. The van der Waals surface area contributed by atoms with Crippen molar-refractivity contribution in [1.82, 2.24) is 39.3 Å². The molecule has 5 rings (SSSR count). The van der Waals surface area contributed by atoms with Gasteiger partial charge in [-0.3, -0.25) is 13.8 Å². The van der Waals surface area contributed by atoms with E-state index < -0.39 is 0 Å². The van der Waals surface area contributed by atoms with Crippen molar-refractivity contribution in [3.8, 4) is 10.3 Å². The van der Waals surface area contributed by atoms with Gasteiger partial charge in [-0.25, -0.2) is 0 Å². The van der Waals surface area contributed by atoms with Crippen LogP contribution in [0.4, 0.5) is 5.82 Å². The van der Waals surface area contributed by atoms with Crippen molar-refractivity contribution in [2.75, 3.05) is 4.90 Å². The number of anilines is 1. The van der Waals surface area contributed by atoms with Crippen LogP contribution in [0.25, 0.3) is 10.3 Å². The molecule has 29 heavy (non-hydrogen) atoms. The molecule has 0 bridgehead atoms. The molecule has 0 fully saturated rings. The Morgan fingerprint density at radius 3 is 1.90 bits per heavy atom. The quantitative estimate of drug-likeness (QED) is 0.400. The van der Waals surface area contributed by atoms with Gasteiger partial charge in [-0.15, -0.1) is 20.4 Å². The van der Waals surface area contributed by atoms with Crippen LogP contribution in [0.3, 0.4) is 0 Å². The average molecular weight is 424 g/mol. The monoisotopic (exact) mass is 423 g/mol. The lowest BCUT2D eigenvalue weighted by Gasteiger charge is -2.25. The number of rotatable bonds is 7. The Kier molecular flexibility index (Phi) is 4.66. The molecule has 0 unspecified atom stereocenters. The van der Waals surface area contributed by atoms with Gasteiger partial charge in [0.05, 0.1) is 19.3 Å². The van der Waals surface area contributed by atoms with Crippen molar-refractivity contribution in [2.45, 2.75) is 13.1 Å². The van der Waals surface area contributed by atoms with Gasteiger partial charge in [0.2, 0.25) is 10.3 Å². The van der Waals surface area contributed by atoms with Crippen LogP contribution in [0, 0.1) is 0 Å². The highest BCUT2D eigenvalue weighted by Crippen LogP contribution is 2.23. The van der Waals surface area contributed by atoms with Gasteiger partial charge in [-0.05, 0) is 24.3 Å². The number of aromatic nitrogens is 8. The molecule has 146 valence electrons. The molecule has 9 nitrogen and oxygen atoms in total. The minimum Gasteiger partial charge on any atom is -0.345 e. The molecular formula is C18H17N9S2. The van der Waals surface area contributed by atoms with E-state index in [0.717, 1.165) is 27.5 Å². The topological polar surface area (TPSA) is 82.5 Å². The van der Waals surface area contributed by atoms with E-state index in [9.17, 15) is 0 Å². The summed E-state index contributed by atoms with van der Waals surface area (Å²) in [5.74, 6) is 1.03. The first-order valence-electron chi connectivity index (χ1n) is 8.88. The van der Waals surface area contributed by atoms with Crippen molar-refractivity contribution in [3.63, 3.8) is 0 Å². The Balaban J connectivity index is 1.49. The van der Waals surface area contributed by atoms with Gasteiger partial charge in [0.15, 0.2) is 0 Å². The minimum absolute atomic E-state index is 0.688. The largest absolute Gasteiger partial charge is 0.345 e. The zero-order valence-corrected chi connectivity index (χ0v) is 17.2. The van der Waals surface area contributed by atoms with Crippen LogP contribution in [-0.2, 0) is 20.1 Å². The first kappa shape index (κ1) is 17.8. The molecule has 0 atom stereocenters. The van der Waals surface area contributed by atoms with Gasteiger partial charge in [-0.1, -0.05) is 22.7 Å². The van der Waals surface area contributed by atoms with E-state index >= 15 is 0 Å². The number of nitrogens with zero attached hydrogens (tertiary/aromatic N) is 9. The molecule has 11 heteroatoms. The Hall–Kier alpha value is -3.31. The van der Waals surface area contributed by atoms with Crippen LogP contribution < -0.4 is 4.90 Å². The summed E-state index contributed by atoms with van der Waals surface area (Å²) in [7, 11) is 1.95. The minimum atomic E-state index is 0.688. The zero-order chi connectivity index (χ0) is 19.6. The van der Waals surface area contributed by atoms with E-state index in [-0.39, 0.29) is 0 Å². The van der Waals surface area contributed by atoms with Crippen LogP contribution in [0.15, 0.2) is 59.9 Å². The van der Waals surface area contributed by atoms with E-state index in [1.54, 1.807) is 11.0 Å². The number of hydrogen-bond donors (Lipinski definition) is 0. The molecule has 5 heterocycles. The van der Waals surface area contributed by atoms with Crippen molar-refractivity contribution in [2.24, 2.45) is 7.05 Å². The summed E-state index contributed by atoms with van der Waals surface area (Å²) >= 11 is 3.03. The normalized spacial score (nSPS) is 11.2. The maximum Gasteiger partial charge on any atom is 0.216 e. The van der Waals surface area contributed by atoms with E-state index in [4.69, 9.17) is 0 Å². The number of aryl methyl sites for hydroxylation is 1. The summed E-state index contributed by atoms with van der Waals surface area (Å²) in [4.78, 5) is 2.28. The molecule has 0 saturated heterocycles. The molecular weight excluding hydrogens is 406 g/mol. The first-order valence-corrected chi connectivity index (χ1v) is 10.6. The first-order chi connectivity index (χ1) is 14.3. The van der Waals surface area contributed by atoms with Gasteiger partial charge in [-0.2, -0.15) is 5.10 Å². The predicted molar refractivity (Wildman–Crippen MR) is 112 cm³/mol. The van der Waals surface area contributed by atoms with Gasteiger partial charge in [0.1, 0.15) is 16.8 Å². The molecule has 0 aliphatic rings. The summed E-state index contributed by atoms with van der Waals surface area (Å²) in [6.45, 7) is 1.38. The second-order valence-corrected chi connectivity index (χ2v) is 7.97. The Labute approximate surface area is 174 Å². The van der Waals surface area contributed by atoms with Gasteiger partial charge in [0, 0.05) is 36.9 Å². The smallest absolute Gasteiger partial charge is 0.216 e. The van der Waals surface area contributed by atoms with Crippen molar-refractivity contribution in [1.29, 1.82) is 0 Å². The molecule has 5 aromatic rings. The maximum absolute atomic E-state index is 4.36. The SMILES string of the molecule is Cn1nccc1N(Cc1cccn1-c1nncs1)Cc1cccn1-c1nncs1. The molecule has 0 spiro atoms. The zero-order valence-electron chi connectivity index (χ0n) is 15.5. The Bertz CT molecular complexity index is 1110. The molecule has 0 amide bonds. The number of hydrogen-bond acceptors (Lipinski definition) is 8. The maximum atomic E-state index is 4.36. The van der Waals surface area contributed by atoms with Crippen molar-refractivity contribution in [3.05, 3.63) is 71.3 Å². The summed E-state index contributed by atoms with van der Waals surface area (Å²) < 4.78 is 6.03. The second-order valence-electron chi connectivity index (χ2n) is 6.35. The summed E-state index contributed by atoms with van der Waals surface area (Å²) in [6, 6.07) is 10.3. The molecule has 0 aliphatic heterocycles. The molecule has 0 aliphatic carbocycles. The van der Waals surface area contributed by atoms with Crippen LogP contribution >= 0.6 is 22.7 Å². The third-order valence-electron chi connectivity index (χ3n) is 4.60. The van der Waals surface area contributed by atoms with E-state index in [0.29, 0.717) is 13.1 Å². The highest BCUT2D eigenvalue weighted by Gasteiger charge is 2.17. The van der Waals surface area contributed by atoms with Crippen molar-refractivity contribution >= 4 is 28.5 Å². The summed E-state index contributed by atoms with van der Waals surface area (Å²) in [5, 5.41) is 22.4. The third kappa shape index (κ3) is 3.45. The van der Waals surface area contributed by atoms with Gasteiger partial charge in [0.25, 0.3) is 0 Å². The fraction of sp³-hybridized carbons (Fsp3) is 0.167. The fourth-order valence-corrected chi connectivity index (χ4v) is 4.44. The standard InChI is InChI=1S/C18H17N9S2/c1-24-16(6-7-21-24)25(10-14-4-2-8-26(14)17-22-19-12-28-17)11-15-5-3-9-27(15)18-23-20-13-29-18/h2-9,12-13H,10-11H2,1H3. The molecule has 0 radical (unpaired) electrons. The highest BCUT2D eigenvalue weighted by molar-refractivity contribution is 7.12. The highest BCUT2D eigenvalue weighted by atomic mass is 32.1. The summed E-state index contributed by atoms with van der Waals surface area (Å²) in [6.07, 6.45) is 5.85. The lowest BCUT2D eigenvalue weighted by molar-refractivity contribution is 0.673. The fourth-order valence-electron chi connectivity index (χ4n) is 3.29. The lowest BCUT2D eigenvalue weighted by Crippen LogP contribution is -2.26. The Morgan fingerprint density at radius 1 is 0.862 bits per heavy atom. The van der Waals surface area contributed by atoms with Crippen molar-refractivity contribution < 1.29 is 0 Å². The molecule has 0 aromatic carbocycles. The van der Waals surface area contributed by atoms with E-state index in [1.165, 1.54) is 22.7 Å². The summed E-state index contributed by atoms with van der Waals surface area (Å²) in [5.41, 5.74) is 5.73. The van der Waals surface area contributed by atoms with Gasteiger partial charge < -0.3 is 4.90 Å². The molecule has 0 N–H and O–H groups in total. The molecule has 5 aromatic heterocycles.